The van der Waals surface area contributed by atoms with Gasteiger partial charge in [0.25, 0.3) is 0 Å². The van der Waals surface area contributed by atoms with Gasteiger partial charge < -0.3 is 4.84 Å². The lowest BCUT2D eigenvalue weighted by atomic mass is 10.2. The van der Waals surface area contributed by atoms with E-state index in [1.807, 2.05) is 24.3 Å². The van der Waals surface area contributed by atoms with E-state index < -0.39 is 0 Å². The van der Waals surface area contributed by atoms with Crippen LogP contribution in [-0.2, 0) is 11.3 Å². The second-order valence-electron chi connectivity index (χ2n) is 2.25. The Kier molecular flexibility index (Phi) is 3.36. The third-order valence-corrected chi connectivity index (χ3v) is 1.63. The molecule has 0 atom stereocenters. The number of hydrogen-bond donors (Lipinski definition) is 1. The summed E-state index contributed by atoms with van der Waals surface area (Å²) >= 11 is 5.75. The van der Waals surface area contributed by atoms with Gasteiger partial charge in [-0.15, -0.1) is 0 Å². The molecule has 1 aromatic carbocycles. The van der Waals surface area contributed by atoms with Gasteiger partial charge in [-0.05, 0) is 24.1 Å². The first-order valence-electron chi connectivity index (χ1n) is 3.39. The van der Waals surface area contributed by atoms with E-state index in [2.05, 4.69) is 4.84 Å². The van der Waals surface area contributed by atoms with Crippen LogP contribution in [0.2, 0.25) is 5.02 Å². The predicted molar refractivity (Wildman–Crippen MR) is 45.3 cm³/mol. The van der Waals surface area contributed by atoms with Gasteiger partial charge in [-0.25, -0.2) is 5.90 Å². The first-order valence-corrected chi connectivity index (χ1v) is 3.77. The maximum Gasteiger partial charge on any atom is 0.0719 e. The Morgan fingerprint density at radius 1 is 1.45 bits per heavy atom. The highest BCUT2D eigenvalue weighted by Gasteiger charge is 1.92. The summed E-state index contributed by atoms with van der Waals surface area (Å²) in [6.07, 6.45) is 0.803. The van der Waals surface area contributed by atoms with Crippen molar-refractivity contribution in [3.05, 3.63) is 34.9 Å². The first kappa shape index (κ1) is 8.53. The zero-order chi connectivity index (χ0) is 8.10. The number of benzene rings is 1. The molecule has 0 amide bonds. The highest BCUT2D eigenvalue weighted by Crippen LogP contribution is 2.10. The van der Waals surface area contributed by atoms with Crippen LogP contribution < -0.4 is 5.90 Å². The van der Waals surface area contributed by atoms with E-state index in [1.54, 1.807) is 0 Å². The smallest absolute Gasteiger partial charge is 0.0719 e. The van der Waals surface area contributed by atoms with Crippen LogP contribution in [0.3, 0.4) is 0 Å². The Hall–Kier alpha value is -0.570. The fourth-order valence-electron chi connectivity index (χ4n) is 0.869. The third kappa shape index (κ3) is 2.89. The van der Waals surface area contributed by atoms with Gasteiger partial charge in [0, 0.05) is 5.02 Å². The van der Waals surface area contributed by atoms with Gasteiger partial charge in [0.2, 0.25) is 0 Å². The highest BCUT2D eigenvalue weighted by molar-refractivity contribution is 6.30. The predicted octanol–water partition coefficient (Wildman–Crippen LogP) is 1.77. The van der Waals surface area contributed by atoms with Crippen LogP contribution in [0.15, 0.2) is 24.3 Å². The van der Waals surface area contributed by atoms with Gasteiger partial charge in [-0.1, -0.05) is 23.7 Å². The summed E-state index contributed by atoms with van der Waals surface area (Å²) in [7, 11) is 0. The Labute approximate surface area is 70.9 Å². The Morgan fingerprint density at radius 2 is 2.27 bits per heavy atom. The molecule has 0 saturated carbocycles. The van der Waals surface area contributed by atoms with E-state index in [4.69, 9.17) is 17.5 Å². The molecule has 60 valence electrons. The molecule has 0 unspecified atom stereocenters. The lowest BCUT2D eigenvalue weighted by Gasteiger charge is -1.99. The molecule has 11 heavy (non-hydrogen) atoms. The molecule has 0 radical (unpaired) electrons. The SMILES string of the molecule is NOCCc1cccc(Cl)c1. The van der Waals surface area contributed by atoms with Crippen LogP contribution in [0.5, 0.6) is 0 Å². The second kappa shape index (κ2) is 4.34. The summed E-state index contributed by atoms with van der Waals surface area (Å²) in [6, 6.07) is 7.65. The van der Waals surface area contributed by atoms with E-state index in [0.29, 0.717) is 6.61 Å². The minimum atomic E-state index is 0.528. The van der Waals surface area contributed by atoms with Crippen molar-refractivity contribution >= 4 is 11.6 Å². The molecule has 2 N–H and O–H groups in total. The van der Waals surface area contributed by atoms with E-state index >= 15 is 0 Å². The van der Waals surface area contributed by atoms with Gasteiger partial charge in [-0.2, -0.15) is 0 Å². The lowest BCUT2D eigenvalue weighted by Crippen LogP contribution is -2.03. The molecule has 0 bridgehead atoms. The zero-order valence-electron chi connectivity index (χ0n) is 6.09. The van der Waals surface area contributed by atoms with Crippen molar-refractivity contribution in [2.24, 2.45) is 5.90 Å². The first-order chi connectivity index (χ1) is 5.33. The van der Waals surface area contributed by atoms with E-state index in [-0.39, 0.29) is 0 Å². The van der Waals surface area contributed by atoms with Crippen LogP contribution in [0.4, 0.5) is 0 Å². The normalized spacial score (nSPS) is 10.0. The van der Waals surface area contributed by atoms with Crippen molar-refractivity contribution in [2.75, 3.05) is 6.61 Å². The molecule has 0 aliphatic rings. The van der Waals surface area contributed by atoms with E-state index in [1.165, 1.54) is 0 Å². The summed E-state index contributed by atoms with van der Waals surface area (Å²) in [5, 5.41) is 0.750. The number of rotatable bonds is 3. The summed E-state index contributed by atoms with van der Waals surface area (Å²) in [5.74, 6) is 4.88. The summed E-state index contributed by atoms with van der Waals surface area (Å²) in [5.41, 5.74) is 1.14. The van der Waals surface area contributed by atoms with Crippen LogP contribution in [-0.4, -0.2) is 6.61 Å². The number of hydrogen-bond acceptors (Lipinski definition) is 2. The Balaban J connectivity index is 2.56. The molecule has 0 aromatic heterocycles. The topological polar surface area (TPSA) is 35.2 Å². The largest absolute Gasteiger partial charge is 0.304 e. The molecule has 1 aromatic rings. The van der Waals surface area contributed by atoms with Crippen molar-refractivity contribution in [2.45, 2.75) is 6.42 Å². The monoisotopic (exact) mass is 171 g/mol. The lowest BCUT2D eigenvalue weighted by molar-refractivity contribution is 0.141. The third-order valence-electron chi connectivity index (χ3n) is 1.40. The van der Waals surface area contributed by atoms with Crippen molar-refractivity contribution in [3.8, 4) is 0 Å². The van der Waals surface area contributed by atoms with Crippen molar-refractivity contribution < 1.29 is 4.84 Å². The fourth-order valence-corrected chi connectivity index (χ4v) is 1.08. The number of halogens is 1. The molecule has 2 nitrogen and oxygen atoms in total. The molecule has 0 heterocycles. The second-order valence-corrected chi connectivity index (χ2v) is 2.69. The molecular formula is C8H10ClNO. The van der Waals surface area contributed by atoms with Gasteiger partial charge in [0.1, 0.15) is 0 Å². The van der Waals surface area contributed by atoms with Crippen molar-refractivity contribution in [1.82, 2.24) is 0 Å². The Bertz CT molecular complexity index is 227. The molecule has 1 rings (SSSR count). The van der Waals surface area contributed by atoms with E-state index in [0.717, 1.165) is 17.0 Å². The maximum atomic E-state index is 5.75. The highest BCUT2D eigenvalue weighted by atomic mass is 35.5. The summed E-state index contributed by atoms with van der Waals surface area (Å²) < 4.78 is 0. The molecular weight excluding hydrogens is 162 g/mol. The molecule has 0 spiro atoms. The minimum absolute atomic E-state index is 0.528. The molecule has 0 saturated heterocycles. The van der Waals surface area contributed by atoms with Crippen LogP contribution >= 0.6 is 11.6 Å². The Morgan fingerprint density at radius 3 is 2.91 bits per heavy atom. The quantitative estimate of drug-likeness (QED) is 0.704. The molecule has 0 aliphatic heterocycles. The van der Waals surface area contributed by atoms with Crippen LogP contribution in [0, 0.1) is 0 Å². The van der Waals surface area contributed by atoms with Gasteiger partial charge in [-0.3, -0.25) is 0 Å². The summed E-state index contributed by atoms with van der Waals surface area (Å²) in [4.78, 5) is 4.44. The average molecular weight is 172 g/mol. The van der Waals surface area contributed by atoms with Crippen LogP contribution in [0.25, 0.3) is 0 Å². The zero-order valence-corrected chi connectivity index (χ0v) is 6.84. The molecule has 0 fully saturated rings. The number of nitrogens with two attached hydrogens (primary N) is 1. The minimum Gasteiger partial charge on any atom is -0.304 e. The maximum absolute atomic E-state index is 5.75. The average Bonchev–Trinajstić information content (AvgIpc) is 2.01. The van der Waals surface area contributed by atoms with E-state index in [9.17, 15) is 0 Å². The summed E-state index contributed by atoms with van der Waals surface area (Å²) in [6.45, 7) is 0.528. The van der Waals surface area contributed by atoms with Gasteiger partial charge in [0.05, 0.1) is 6.61 Å². The fraction of sp³-hybridized carbons (Fsp3) is 0.250. The molecule has 3 heteroatoms. The standard InChI is InChI=1S/C8H10ClNO/c9-8-3-1-2-7(6-8)4-5-11-10/h1-3,6H,4-5,10H2. The van der Waals surface area contributed by atoms with Crippen molar-refractivity contribution in [1.29, 1.82) is 0 Å². The van der Waals surface area contributed by atoms with Gasteiger partial charge >= 0.3 is 0 Å². The van der Waals surface area contributed by atoms with Gasteiger partial charge in [0.15, 0.2) is 0 Å². The van der Waals surface area contributed by atoms with Crippen LogP contribution in [0.1, 0.15) is 5.56 Å². The van der Waals surface area contributed by atoms with Crippen molar-refractivity contribution in [3.63, 3.8) is 0 Å². The molecule has 0 aliphatic carbocycles.